The second kappa shape index (κ2) is 4.37. The molecule has 0 saturated carbocycles. The van der Waals surface area contributed by atoms with Crippen LogP contribution in [-0.2, 0) is 16.1 Å². The zero-order valence-electron chi connectivity index (χ0n) is 10.1. The highest BCUT2D eigenvalue weighted by molar-refractivity contribution is 8.14. The molecule has 0 aliphatic heterocycles. The molecule has 1 aromatic heterocycles. The number of ether oxygens (including phenoxy) is 2. The SMILES string of the molecule is COc1cc2c(S(=O)(=O)Cl)cn(C)c2cc1OC. The van der Waals surface area contributed by atoms with Crippen molar-refractivity contribution in [2.45, 2.75) is 4.90 Å². The fraction of sp³-hybridized carbons (Fsp3) is 0.273. The maximum Gasteiger partial charge on any atom is 0.263 e. The molecule has 0 bridgehead atoms. The number of aromatic nitrogens is 1. The van der Waals surface area contributed by atoms with E-state index in [4.69, 9.17) is 20.2 Å². The highest BCUT2D eigenvalue weighted by atomic mass is 35.7. The van der Waals surface area contributed by atoms with E-state index in [2.05, 4.69) is 0 Å². The van der Waals surface area contributed by atoms with E-state index >= 15 is 0 Å². The molecule has 18 heavy (non-hydrogen) atoms. The van der Waals surface area contributed by atoms with Crippen LogP contribution in [0.3, 0.4) is 0 Å². The first-order chi connectivity index (χ1) is 8.38. The van der Waals surface area contributed by atoms with E-state index in [1.165, 1.54) is 20.4 Å². The summed E-state index contributed by atoms with van der Waals surface area (Å²) in [7, 11) is 6.35. The summed E-state index contributed by atoms with van der Waals surface area (Å²) in [5, 5.41) is 0.505. The van der Waals surface area contributed by atoms with Gasteiger partial charge >= 0.3 is 0 Å². The summed E-state index contributed by atoms with van der Waals surface area (Å²) in [5.41, 5.74) is 0.701. The van der Waals surface area contributed by atoms with Crippen molar-refractivity contribution in [3.8, 4) is 11.5 Å². The summed E-state index contributed by atoms with van der Waals surface area (Å²) < 4.78 is 35.0. The molecule has 0 atom stereocenters. The third-order valence-corrected chi connectivity index (χ3v) is 4.07. The van der Waals surface area contributed by atoms with Crippen molar-refractivity contribution in [1.82, 2.24) is 4.57 Å². The summed E-state index contributed by atoms with van der Waals surface area (Å²) in [5.74, 6) is 0.988. The molecule has 2 aromatic rings. The van der Waals surface area contributed by atoms with Crippen LogP contribution in [0.15, 0.2) is 23.2 Å². The Morgan fingerprint density at radius 2 is 1.72 bits per heavy atom. The van der Waals surface area contributed by atoms with Gasteiger partial charge in [0.1, 0.15) is 4.90 Å². The van der Waals surface area contributed by atoms with E-state index in [9.17, 15) is 8.42 Å². The standard InChI is InChI=1S/C11H12ClNO4S/c1-13-6-11(18(12,14)15)7-4-9(16-2)10(17-3)5-8(7)13/h4-6H,1-3H3. The van der Waals surface area contributed by atoms with E-state index in [-0.39, 0.29) is 4.90 Å². The fourth-order valence-electron chi connectivity index (χ4n) is 1.87. The van der Waals surface area contributed by atoms with Gasteiger partial charge in [-0.25, -0.2) is 8.42 Å². The quantitative estimate of drug-likeness (QED) is 0.812. The average molecular weight is 290 g/mol. The Bertz CT molecular complexity index is 705. The smallest absolute Gasteiger partial charge is 0.263 e. The van der Waals surface area contributed by atoms with Crippen LogP contribution < -0.4 is 9.47 Å². The first kappa shape index (κ1) is 13.0. The molecular weight excluding hydrogens is 278 g/mol. The summed E-state index contributed by atoms with van der Waals surface area (Å²) >= 11 is 0. The molecule has 0 saturated heterocycles. The van der Waals surface area contributed by atoms with Crippen LogP contribution in [0.1, 0.15) is 0 Å². The Morgan fingerprint density at radius 1 is 1.17 bits per heavy atom. The lowest BCUT2D eigenvalue weighted by Gasteiger charge is -2.08. The molecule has 7 heteroatoms. The Labute approximate surface area is 109 Å². The van der Waals surface area contributed by atoms with Gasteiger partial charge in [0.25, 0.3) is 9.05 Å². The number of hydrogen-bond donors (Lipinski definition) is 0. The van der Waals surface area contributed by atoms with E-state index in [0.29, 0.717) is 22.4 Å². The Kier molecular flexibility index (Phi) is 3.16. The summed E-state index contributed by atoms with van der Waals surface area (Å²) in [4.78, 5) is 0.0580. The normalized spacial score (nSPS) is 11.8. The van der Waals surface area contributed by atoms with Crippen LogP contribution in [0.2, 0.25) is 0 Å². The molecule has 0 amide bonds. The second-order valence-corrected chi connectivity index (χ2v) is 6.30. The number of fused-ring (bicyclic) bond motifs is 1. The molecule has 1 heterocycles. The molecule has 0 aliphatic rings. The first-order valence-corrected chi connectivity index (χ1v) is 7.35. The van der Waals surface area contributed by atoms with Gasteiger partial charge in [0, 0.05) is 35.4 Å². The van der Waals surface area contributed by atoms with Gasteiger partial charge in [-0.1, -0.05) is 0 Å². The molecule has 0 N–H and O–H groups in total. The van der Waals surface area contributed by atoms with Crippen LogP contribution in [0.5, 0.6) is 11.5 Å². The lowest BCUT2D eigenvalue weighted by atomic mass is 10.2. The zero-order valence-corrected chi connectivity index (χ0v) is 11.7. The molecule has 2 rings (SSSR count). The van der Waals surface area contributed by atoms with Gasteiger partial charge in [-0.2, -0.15) is 0 Å². The number of rotatable bonds is 3. The number of hydrogen-bond acceptors (Lipinski definition) is 4. The summed E-state index contributed by atoms with van der Waals surface area (Å²) in [6.07, 6.45) is 1.46. The van der Waals surface area contributed by atoms with Crippen molar-refractivity contribution in [2.24, 2.45) is 7.05 Å². The van der Waals surface area contributed by atoms with E-state index in [1.54, 1.807) is 23.7 Å². The average Bonchev–Trinajstić information content (AvgIpc) is 2.64. The molecule has 0 fully saturated rings. The Hall–Kier alpha value is -1.40. The highest BCUT2D eigenvalue weighted by Crippen LogP contribution is 2.36. The monoisotopic (exact) mass is 289 g/mol. The van der Waals surface area contributed by atoms with Crippen molar-refractivity contribution < 1.29 is 17.9 Å². The molecule has 98 valence electrons. The number of aryl methyl sites for hydroxylation is 1. The van der Waals surface area contributed by atoms with Crippen LogP contribution in [0.4, 0.5) is 0 Å². The van der Waals surface area contributed by atoms with E-state index in [1.807, 2.05) is 0 Å². The minimum atomic E-state index is -3.80. The van der Waals surface area contributed by atoms with Gasteiger partial charge in [0.2, 0.25) is 0 Å². The van der Waals surface area contributed by atoms with Gasteiger partial charge in [0.05, 0.1) is 19.7 Å². The lowest BCUT2D eigenvalue weighted by molar-refractivity contribution is 0.355. The predicted octanol–water partition coefficient (Wildman–Crippen LogP) is 2.12. The largest absolute Gasteiger partial charge is 0.493 e. The second-order valence-electron chi connectivity index (χ2n) is 3.77. The summed E-state index contributed by atoms with van der Waals surface area (Å²) in [6.45, 7) is 0. The number of nitrogens with zero attached hydrogens (tertiary/aromatic N) is 1. The van der Waals surface area contributed by atoms with E-state index in [0.717, 1.165) is 0 Å². The van der Waals surface area contributed by atoms with Crippen molar-refractivity contribution in [1.29, 1.82) is 0 Å². The Balaban J connectivity index is 2.87. The molecule has 1 aromatic carbocycles. The topological polar surface area (TPSA) is 57.5 Å². The van der Waals surface area contributed by atoms with Crippen LogP contribution in [-0.4, -0.2) is 27.2 Å². The number of methoxy groups -OCH3 is 2. The third kappa shape index (κ3) is 2.02. The highest BCUT2D eigenvalue weighted by Gasteiger charge is 2.20. The molecule has 5 nitrogen and oxygen atoms in total. The third-order valence-electron chi connectivity index (χ3n) is 2.72. The number of halogens is 1. The van der Waals surface area contributed by atoms with Gasteiger partial charge in [0.15, 0.2) is 11.5 Å². The van der Waals surface area contributed by atoms with Crippen LogP contribution in [0, 0.1) is 0 Å². The van der Waals surface area contributed by atoms with Crippen LogP contribution >= 0.6 is 10.7 Å². The maximum atomic E-state index is 11.5. The first-order valence-electron chi connectivity index (χ1n) is 5.04. The molecule has 0 unspecified atom stereocenters. The fourth-order valence-corrected chi connectivity index (χ4v) is 2.95. The number of benzene rings is 1. The molecule has 0 aliphatic carbocycles. The minimum Gasteiger partial charge on any atom is -0.493 e. The van der Waals surface area contributed by atoms with Crippen molar-refractivity contribution in [3.05, 3.63) is 18.3 Å². The van der Waals surface area contributed by atoms with Crippen molar-refractivity contribution in [3.63, 3.8) is 0 Å². The zero-order chi connectivity index (χ0) is 13.5. The predicted molar refractivity (Wildman–Crippen MR) is 69.1 cm³/mol. The van der Waals surface area contributed by atoms with Gasteiger partial charge in [-0.15, -0.1) is 0 Å². The minimum absolute atomic E-state index is 0.0580. The lowest BCUT2D eigenvalue weighted by Crippen LogP contribution is -1.92. The Morgan fingerprint density at radius 3 is 2.22 bits per heavy atom. The maximum absolute atomic E-state index is 11.5. The van der Waals surface area contributed by atoms with E-state index < -0.39 is 9.05 Å². The van der Waals surface area contributed by atoms with Gasteiger partial charge < -0.3 is 14.0 Å². The van der Waals surface area contributed by atoms with Crippen LogP contribution in [0.25, 0.3) is 10.9 Å². The summed E-state index contributed by atoms with van der Waals surface area (Å²) in [6, 6.07) is 3.31. The molecule has 0 spiro atoms. The van der Waals surface area contributed by atoms with Crippen molar-refractivity contribution >= 4 is 30.6 Å². The van der Waals surface area contributed by atoms with Crippen molar-refractivity contribution in [2.75, 3.05) is 14.2 Å². The molecule has 0 radical (unpaired) electrons. The van der Waals surface area contributed by atoms with Gasteiger partial charge in [-0.3, -0.25) is 0 Å². The molecular formula is C11H12ClNO4S. The van der Waals surface area contributed by atoms with Gasteiger partial charge in [-0.05, 0) is 6.07 Å².